The fraction of sp³-hybridized carbons (Fsp3) is 1.00. The number of β-amino-alcohol motifs (C(OH)–C–C–N with tert-alkyl or cyclic N) is 2. The highest BCUT2D eigenvalue weighted by Gasteiger charge is 2.41. The van der Waals surface area contributed by atoms with Gasteiger partial charge < -0.3 is 19.7 Å². The van der Waals surface area contributed by atoms with Crippen molar-refractivity contribution in [3.63, 3.8) is 0 Å². The van der Waals surface area contributed by atoms with Crippen LogP contribution < -0.4 is 0 Å². The lowest BCUT2D eigenvalue weighted by atomic mass is 9.60. The minimum atomic E-state index is -0.350. The second-order valence-electron chi connectivity index (χ2n) is 12.3. The number of rotatable bonds is 12. The molecular formula is C27H50N2O4. The van der Waals surface area contributed by atoms with Gasteiger partial charge in [-0.05, 0) is 82.5 Å². The van der Waals surface area contributed by atoms with E-state index < -0.39 is 0 Å². The van der Waals surface area contributed by atoms with E-state index in [0.29, 0.717) is 42.9 Å². The van der Waals surface area contributed by atoms with Gasteiger partial charge in [-0.3, -0.25) is 9.80 Å². The summed E-state index contributed by atoms with van der Waals surface area (Å²) in [5, 5.41) is 20.4. The van der Waals surface area contributed by atoms with Crippen LogP contribution in [-0.2, 0) is 9.47 Å². The number of aliphatic hydroxyl groups is 2. The predicted molar refractivity (Wildman–Crippen MR) is 131 cm³/mol. The van der Waals surface area contributed by atoms with Crippen molar-refractivity contribution in [1.82, 2.24) is 9.80 Å². The van der Waals surface area contributed by atoms with Gasteiger partial charge in [0.15, 0.2) is 0 Å². The summed E-state index contributed by atoms with van der Waals surface area (Å²) in [6.45, 7) is 14.1. The molecule has 33 heavy (non-hydrogen) atoms. The zero-order valence-electron chi connectivity index (χ0n) is 21.6. The van der Waals surface area contributed by atoms with Gasteiger partial charge in [-0.1, -0.05) is 13.8 Å². The quantitative estimate of drug-likeness (QED) is 0.430. The molecule has 2 saturated carbocycles. The molecule has 6 atom stereocenters. The molecule has 0 bridgehead atoms. The van der Waals surface area contributed by atoms with Crippen LogP contribution in [0.1, 0.15) is 79.1 Å². The summed E-state index contributed by atoms with van der Waals surface area (Å²) in [6.07, 6.45) is 9.45. The summed E-state index contributed by atoms with van der Waals surface area (Å²) in [4.78, 5) is 4.59. The summed E-state index contributed by atoms with van der Waals surface area (Å²) < 4.78 is 12.2. The lowest BCUT2D eigenvalue weighted by Gasteiger charge is -2.46. The number of hydrogen-bond donors (Lipinski definition) is 2. The van der Waals surface area contributed by atoms with Gasteiger partial charge in [0.05, 0.1) is 37.6 Å². The van der Waals surface area contributed by atoms with Gasteiger partial charge in [-0.15, -0.1) is 0 Å². The molecule has 2 N–H and O–H groups in total. The van der Waals surface area contributed by atoms with Crippen molar-refractivity contribution in [1.29, 1.82) is 0 Å². The van der Waals surface area contributed by atoms with Crippen molar-refractivity contribution < 1.29 is 19.7 Å². The third kappa shape index (κ3) is 7.37. The van der Waals surface area contributed by atoms with Crippen LogP contribution in [0.25, 0.3) is 0 Å². The van der Waals surface area contributed by atoms with E-state index in [4.69, 9.17) is 9.47 Å². The molecule has 2 aliphatic carbocycles. The molecule has 4 aliphatic rings. The van der Waals surface area contributed by atoms with Crippen LogP contribution in [0.2, 0.25) is 0 Å². The molecule has 4 rings (SSSR count). The Balaban J connectivity index is 1.11. The van der Waals surface area contributed by atoms with Gasteiger partial charge >= 0.3 is 0 Å². The lowest BCUT2D eigenvalue weighted by Crippen LogP contribution is -2.40. The van der Waals surface area contributed by atoms with Crippen LogP contribution in [0.5, 0.6) is 0 Å². The third-order valence-corrected chi connectivity index (χ3v) is 9.37. The van der Waals surface area contributed by atoms with Crippen molar-refractivity contribution in [2.75, 3.05) is 39.4 Å². The van der Waals surface area contributed by atoms with Crippen molar-refractivity contribution in [2.45, 2.75) is 116 Å². The predicted octanol–water partition coefficient (Wildman–Crippen LogP) is 3.29. The minimum Gasteiger partial charge on any atom is -0.389 e. The first kappa shape index (κ1) is 25.8. The average Bonchev–Trinajstić information content (AvgIpc) is 3.69. The Kier molecular flexibility index (Phi) is 8.78. The highest BCUT2D eigenvalue weighted by molar-refractivity contribution is 4.92. The third-order valence-electron chi connectivity index (χ3n) is 9.37. The van der Waals surface area contributed by atoms with Crippen LogP contribution in [0.15, 0.2) is 0 Å². The Morgan fingerprint density at radius 1 is 0.697 bits per heavy atom. The van der Waals surface area contributed by atoms with E-state index in [0.717, 1.165) is 63.7 Å². The summed E-state index contributed by atoms with van der Waals surface area (Å²) in [5.74, 6) is 1.53. The van der Waals surface area contributed by atoms with Gasteiger partial charge in [-0.2, -0.15) is 0 Å². The van der Waals surface area contributed by atoms with Crippen LogP contribution in [0.3, 0.4) is 0 Å². The standard InChI is InChI=1S/C27H50N2O4/c1-19-13-28(19)15-23(30)17-32-25-9-5-21(6-10-25)27(3,4)22-7-11-26(12-8-22)33-18-24(31)16-29-14-20(29)2/h19-26,30-31H,5-18H2,1-4H3. The minimum absolute atomic E-state index is 0.323. The molecule has 0 amide bonds. The molecule has 0 radical (unpaired) electrons. The summed E-state index contributed by atoms with van der Waals surface area (Å²) in [6, 6.07) is 1.28. The first-order chi connectivity index (χ1) is 15.7. The Bertz CT molecular complexity index is 551. The first-order valence-corrected chi connectivity index (χ1v) is 13.8. The van der Waals surface area contributed by atoms with Crippen molar-refractivity contribution in [2.24, 2.45) is 17.3 Å². The highest BCUT2D eigenvalue weighted by atomic mass is 16.5. The summed E-state index contributed by atoms with van der Waals surface area (Å²) >= 11 is 0. The Labute approximate surface area is 202 Å². The van der Waals surface area contributed by atoms with E-state index in [9.17, 15) is 10.2 Å². The second-order valence-corrected chi connectivity index (χ2v) is 12.3. The average molecular weight is 467 g/mol. The molecule has 0 aromatic rings. The monoisotopic (exact) mass is 466 g/mol. The second kappa shape index (κ2) is 11.2. The SMILES string of the molecule is CC1CN1CC(O)COC1CCC(C(C)(C)C2CCC(OCC(O)CN3CC3C)CC2)CC1. The molecule has 0 spiro atoms. The van der Waals surface area contributed by atoms with E-state index in [1.54, 1.807) is 0 Å². The zero-order chi connectivity index (χ0) is 23.6. The van der Waals surface area contributed by atoms with Crippen LogP contribution in [0, 0.1) is 17.3 Å². The van der Waals surface area contributed by atoms with E-state index >= 15 is 0 Å². The molecular weight excluding hydrogens is 416 g/mol. The Hall–Kier alpha value is -0.240. The maximum Gasteiger partial charge on any atom is 0.0900 e. The molecule has 0 aromatic carbocycles. The fourth-order valence-electron chi connectivity index (χ4n) is 6.51. The largest absolute Gasteiger partial charge is 0.389 e. The molecule has 4 fully saturated rings. The Morgan fingerprint density at radius 3 is 1.33 bits per heavy atom. The van der Waals surface area contributed by atoms with Crippen molar-refractivity contribution >= 4 is 0 Å². The van der Waals surface area contributed by atoms with Crippen molar-refractivity contribution in [3.05, 3.63) is 0 Å². The maximum absolute atomic E-state index is 10.2. The summed E-state index contributed by atoms with van der Waals surface area (Å²) in [7, 11) is 0. The zero-order valence-corrected chi connectivity index (χ0v) is 21.6. The number of aliphatic hydroxyl groups excluding tert-OH is 2. The van der Waals surface area contributed by atoms with Crippen LogP contribution in [-0.4, -0.2) is 95.9 Å². The van der Waals surface area contributed by atoms with Gasteiger partial charge in [-0.25, -0.2) is 0 Å². The number of ether oxygens (including phenoxy) is 2. The molecule has 0 aromatic heterocycles. The fourth-order valence-corrected chi connectivity index (χ4v) is 6.51. The molecule has 6 nitrogen and oxygen atoms in total. The highest BCUT2D eigenvalue weighted by Crippen LogP contribution is 2.48. The van der Waals surface area contributed by atoms with E-state index in [1.807, 2.05) is 0 Å². The molecule has 2 heterocycles. The molecule has 2 saturated heterocycles. The topological polar surface area (TPSA) is 64.9 Å². The van der Waals surface area contributed by atoms with Crippen LogP contribution >= 0.6 is 0 Å². The van der Waals surface area contributed by atoms with E-state index in [2.05, 4.69) is 37.5 Å². The summed E-state index contributed by atoms with van der Waals surface area (Å²) in [5.41, 5.74) is 0.361. The van der Waals surface area contributed by atoms with E-state index in [-0.39, 0.29) is 12.2 Å². The lowest BCUT2D eigenvalue weighted by molar-refractivity contribution is -0.0616. The molecule has 2 aliphatic heterocycles. The normalized spacial score (nSPS) is 40.9. The Morgan fingerprint density at radius 2 is 1.03 bits per heavy atom. The molecule has 192 valence electrons. The number of hydrogen-bond acceptors (Lipinski definition) is 6. The molecule has 6 heteroatoms. The van der Waals surface area contributed by atoms with Crippen molar-refractivity contribution in [3.8, 4) is 0 Å². The first-order valence-electron chi connectivity index (χ1n) is 13.8. The van der Waals surface area contributed by atoms with Gasteiger partial charge in [0, 0.05) is 38.3 Å². The smallest absolute Gasteiger partial charge is 0.0900 e. The maximum atomic E-state index is 10.2. The number of nitrogens with zero attached hydrogens (tertiary/aromatic N) is 2. The van der Waals surface area contributed by atoms with Crippen LogP contribution in [0.4, 0.5) is 0 Å². The van der Waals surface area contributed by atoms with Gasteiger partial charge in [0.25, 0.3) is 0 Å². The molecule has 6 unspecified atom stereocenters. The van der Waals surface area contributed by atoms with E-state index in [1.165, 1.54) is 25.7 Å². The van der Waals surface area contributed by atoms with Gasteiger partial charge in [0.1, 0.15) is 0 Å². The van der Waals surface area contributed by atoms with Gasteiger partial charge in [0.2, 0.25) is 0 Å².